The Hall–Kier alpha value is -1.87. The predicted molar refractivity (Wildman–Crippen MR) is 81.6 cm³/mol. The van der Waals surface area contributed by atoms with Gasteiger partial charge in [-0.3, -0.25) is 0 Å². The van der Waals surface area contributed by atoms with Crippen LogP contribution in [0.4, 0.5) is 11.4 Å². The molecule has 0 saturated heterocycles. The molecule has 0 amide bonds. The molecule has 92 valence electrons. The lowest BCUT2D eigenvalue weighted by Crippen LogP contribution is -2.12. The SMILES string of the molecule is Cc1ccccc1N(C)c1ccc(C(N)=S)cc1. The van der Waals surface area contributed by atoms with Crippen molar-refractivity contribution in [1.29, 1.82) is 0 Å². The Morgan fingerprint density at radius 2 is 1.67 bits per heavy atom. The van der Waals surface area contributed by atoms with Gasteiger partial charge in [-0.15, -0.1) is 0 Å². The van der Waals surface area contributed by atoms with Crippen molar-refractivity contribution < 1.29 is 0 Å². The molecule has 0 saturated carbocycles. The molecule has 2 rings (SSSR count). The van der Waals surface area contributed by atoms with Crippen LogP contribution < -0.4 is 10.6 Å². The maximum atomic E-state index is 5.59. The van der Waals surface area contributed by atoms with Crippen molar-refractivity contribution in [2.45, 2.75) is 6.92 Å². The van der Waals surface area contributed by atoms with Gasteiger partial charge in [0.25, 0.3) is 0 Å². The van der Waals surface area contributed by atoms with Gasteiger partial charge in [-0.2, -0.15) is 0 Å². The maximum Gasteiger partial charge on any atom is 0.103 e. The smallest absolute Gasteiger partial charge is 0.103 e. The Morgan fingerprint density at radius 3 is 2.22 bits per heavy atom. The Labute approximate surface area is 113 Å². The molecule has 18 heavy (non-hydrogen) atoms. The number of aryl methyl sites for hydroxylation is 1. The molecule has 0 bridgehead atoms. The van der Waals surface area contributed by atoms with E-state index in [4.69, 9.17) is 18.0 Å². The lowest BCUT2D eigenvalue weighted by molar-refractivity contribution is 1.18. The molecule has 3 heteroatoms. The molecule has 2 nitrogen and oxygen atoms in total. The molecule has 0 aliphatic heterocycles. The van der Waals surface area contributed by atoms with Gasteiger partial charge < -0.3 is 10.6 Å². The third-order valence-electron chi connectivity index (χ3n) is 3.02. The molecule has 2 aromatic carbocycles. The molecule has 0 spiro atoms. The minimum absolute atomic E-state index is 0.431. The Morgan fingerprint density at radius 1 is 1.06 bits per heavy atom. The number of para-hydroxylation sites is 1. The normalized spacial score (nSPS) is 10.1. The van der Waals surface area contributed by atoms with Crippen LogP contribution in [-0.2, 0) is 0 Å². The van der Waals surface area contributed by atoms with Gasteiger partial charge in [0.1, 0.15) is 4.99 Å². The van der Waals surface area contributed by atoms with Gasteiger partial charge >= 0.3 is 0 Å². The molecule has 0 unspecified atom stereocenters. The van der Waals surface area contributed by atoms with Crippen LogP contribution in [0.5, 0.6) is 0 Å². The number of anilines is 2. The van der Waals surface area contributed by atoms with Crippen molar-refractivity contribution in [3.8, 4) is 0 Å². The summed E-state index contributed by atoms with van der Waals surface area (Å²) in [5, 5.41) is 0. The van der Waals surface area contributed by atoms with E-state index in [1.807, 2.05) is 36.4 Å². The first-order valence-electron chi connectivity index (χ1n) is 5.79. The summed E-state index contributed by atoms with van der Waals surface area (Å²) in [5.41, 5.74) is 10.0. The van der Waals surface area contributed by atoms with Gasteiger partial charge in [0.15, 0.2) is 0 Å². The second-order valence-corrected chi connectivity index (χ2v) is 4.70. The molecule has 0 aliphatic rings. The van der Waals surface area contributed by atoms with E-state index in [0.717, 1.165) is 11.3 Å². The number of rotatable bonds is 3. The molecule has 2 aromatic rings. The number of hydrogen-bond donors (Lipinski definition) is 1. The number of nitrogens with two attached hydrogens (primary N) is 1. The van der Waals surface area contributed by atoms with Crippen molar-refractivity contribution in [2.75, 3.05) is 11.9 Å². The number of thiocarbonyl (C=S) groups is 1. The second-order valence-electron chi connectivity index (χ2n) is 4.26. The van der Waals surface area contributed by atoms with Crippen LogP contribution >= 0.6 is 12.2 Å². The molecule has 0 atom stereocenters. The van der Waals surface area contributed by atoms with Crippen LogP contribution in [-0.4, -0.2) is 12.0 Å². The summed E-state index contributed by atoms with van der Waals surface area (Å²) < 4.78 is 0. The minimum atomic E-state index is 0.431. The van der Waals surface area contributed by atoms with E-state index in [1.54, 1.807) is 0 Å². The molecular formula is C15H16N2S. The van der Waals surface area contributed by atoms with E-state index in [-0.39, 0.29) is 0 Å². The third-order valence-corrected chi connectivity index (χ3v) is 3.25. The van der Waals surface area contributed by atoms with Crippen molar-refractivity contribution in [1.82, 2.24) is 0 Å². The van der Waals surface area contributed by atoms with Crippen molar-refractivity contribution >= 4 is 28.6 Å². The molecule has 0 radical (unpaired) electrons. The average molecular weight is 256 g/mol. The van der Waals surface area contributed by atoms with Gasteiger partial charge in [0.2, 0.25) is 0 Å². The molecule has 0 fully saturated rings. The Balaban J connectivity index is 2.32. The second kappa shape index (κ2) is 5.19. The number of benzene rings is 2. The van der Waals surface area contributed by atoms with Crippen LogP contribution in [0.15, 0.2) is 48.5 Å². The fourth-order valence-electron chi connectivity index (χ4n) is 1.93. The number of nitrogens with zero attached hydrogens (tertiary/aromatic N) is 1. The first kappa shape index (κ1) is 12.6. The van der Waals surface area contributed by atoms with Gasteiger partial charge in [-0.25, -0.2) is 0 Å². The van der Waals surface area contributed by atoms with Crippen LogP contribution in [0.3, 0.4) is 0 Å². The summed E-state index contributed by atoms with van der Waals surface area (Å²) in [4.78, 5) is 2.58. The Bertz CT molecular complexity index is 561. The van der Waals surface area contributed by atoms with Crippen LogP contribution in [0.25, 0.3) is 0 Å². The summed E-state index contributed by atoms with van der Waals surface area (Å²) in [6.45, 7) is 2.11. The van der Waals surface area contributed by atoms with Gasteiger partial charge in [-0.1, -0.05) is 30.4 Å². The quantitative estimate of drug-likeness (QED) is 0.853. The number of hydrogen-bond acceptors (Lipinski definition) is 2. The van der Waals surface area contributed by atoms with Crippen molar-refractivity contribution in [3.05, 3.63) is 59.7 Å². The molecule has 0 aliphatic carbocycles. The molecule has 0 aromatic heterocycles. The zero-order valence-corrected chi connectivity index (χ0v) is 11.4. The highest BCUT2D eigenvalue weighted by molar-refractivity contribution is 7.80. The van der Waals surface area contributed by atoms with Crippen LogP contribution in [0.1, 0.15) is 11.1 Å². The summed E-state index contributed by atoms with van der Waals surface area (Å²) in [5.74, 6) is 0. The topological polar surface area (TPSA) is 29.3 Å². The largest absolute Gasteiger partial charge is 0.389 e. The van der Waals surface area contributed by atoms with E-state index in [2.05, 4.69) is 31.0 Å². The molecule has 0 heterocycles. The average Bonchev–Trinajstić information content (AvgIpc) is 2.38. The highest BCUT2D eigenvalue weighted by Gasteiger charge is 2.06. The zero-order chi connectivity index (χ0) is 13.1. The van der Waals surface area contributed by atoms with Gasteiger partial charge in [-0.05, 0) is 42.8 Å². The van der Waals surface area contributed by atoms with E-state index >= 15 is 0 Å². The van der Waals surface area contributed by atoms with Gasteiger partial charge in [0.05, 0.1) is 0 Å². The summed E-state index contributed by atoms with van der Waals surface area (Å²) in [7, 11) is 2.05. The minimum Gasteiger partial charge on any atom is -0.389 e. The highest BCUT2D eigenvalue weighted by Crippen LogP contribution is 2.26. The first-order chi connectivity index (χ1) is 8.59. The molecular weight excluding hydrogens is 240 g/mol. The van der Waals surface area contributed by atoms with Crippen molar-refractivity contribution in [2.24, 2.45) is 5.73 Å². The Kier molecular flexibility index (Phi) is 3.63. The standard InChI is InChI=1S/C15H16N2S/c1-11-5-3-4-6-14(11)17(2)13-9-7-12(8-10-13)15(16)18/h3-10H,1-2H3,(H2,16,18). The summed E-state index contributed by atoms with van der Waals surface area (Å²) in [6, 6.07) is 16.3. The lowest BCUT2D eigenvalue weighted by atomic mass is 10.1. The highest BCUT2D eigenvalue weighted by atomic mass is 32.1. The predicted octanol–water partition coefficient (Wildman–Crippen LogP) is 3.40. The summed E-state index contributed by atoms with van der Waals surface area (Å²) >= 11 is 4.95. The van der Waals surface area contributed by atoms with E-state index in [9.17, 15) is 0 Å². The maximum absolute atomic E-state index is 5.59. The summed E-state index contributed by atoms with van der Waals surface area (Å²) in [6.07, 6.45) is 0. The monoisotopic (exact) mass is 256 g/mol. The van der Waals surface area contributed by atoms with Crippen molar-refractivity contribution in [3.63, 3.8) is 0 Å². The van der Waals surface area contributed by atoms with E-state index < -0.39 is 0 Å². The van der Waals surface area contributed by atoms with Crippen LogP contribution in [0.2, 0.25) is 0 Å². The first-order valence-corrected chi connectivity index (χ1v) is 6.19. The van der Waals surface area contributed by atoms with Gasteiger partial charge in [0, 0.05) is 24.0 Å². The zero-order valence-electron chi connectivity index (χ0n) is 10.6. The van der Waals surface area contributed by atoms with E-state index in [1.165, 1.54) is 11.3 Å². The third kappa shape index (κ3) is 2.51. The fraction of sp³-hybridized carbons (Fsp3) is 0.133. The lowest BCUT2D eigenvalue weighted by Gasteiger charge is -2.21. The molecule has 2 N–H and O–H groups in total. The fourth-order valence-corrected chi connectivity index (χ4v) is 2.06. The van der Waals surface area contributed by atoms with Crippen LogP contribution in [0, 0.1) is 6.92 Å². The van der Waals surface area contributed by atoms with E-state index in [0.29, 0.717) is 4.99 Å².